The lowest BCUT2D eigenvalue weighted by atomic mass is 10.0. The van der Waals surface area contributed by atoms with Crippen molar-refractivity contribution in [2.45, 2.75) is 19.1 Å². The summed E-state index contributed by atoms with van der Waals surface area (Å²) in [6, 6.07) is 8.95. The molecule has 0 saturated carbocycles. The molecule has 2 amide bonds. The summed E-state index contributed by atoms with van der Waals surface area (Å²) in [6.45, 7) is 0.593. The summed E-state index contributed by atoms with van der Waals surface area (Å²) in [6.07, 6.45) is 2.10. The van der Waals surface area contributed by atoms with E-state index in [0.717, 1.165) is 11.3 Å². The van der Waals surface area contributed by atoms with Gasteiger partial charge in [-0.2, -0.15) is 5.10 Å². The van der Waals surface area contributed by atoms with E-state index in [1.165, 1.54) is 17.8 Å². The molecule has 144 valence electrons. The number of rotatable bonds is 5. The Kier molecular flexibility index (Phi) is 4.66. The smallest absolute Gasteiger partial charge is 0.270 e. The summed E-state index contributed by atoms with van der Waals surface area (Å²) in [7, 11) is 1.48. The van der Waals surface area contributed by atoms with Gasteiger partial charge in [0.05, 0.1) is 19.3 Å². The summed E-state index contributed by atoms with van der Waals surface area (Å²) >= 11 is 0. The van der Waals surface area contributed by atoms with E-state index < -0.39 is 5.91 Å². The molecule has 3 N–H and O–H groups in total. The summed E-state index contributed by atoms with van der Waals surface area (Å²) in [5.41, 5.74) is 7.35. The molecule has 1 aliphatic heterocycles. The zero-order valence-corrected chi connectivity index (χ0v) is 15.2. The molecule has 1 aromatic carbocycles. The van der Waals surface area contributed by atoms with Crippen LogP contribution in [0.3, 0.4) is 0 Å². The van der Waals surface area contributed by atoms with E-state index in [1.54, 1.807) is 6.07 Å². The van der Waals surface area contributed by atoms with Crippen molar-refractivity contribution in [3.8, 4) is 5.75 Å². The predicted molar refractivity (Wildman–Crippen MR) is 99.0 cm³/mol. The lowest BCUT2D eigenvalue weighted by molar-refractivity contribution is 0.0915. The predicted octanol–water partition coefficient (Wildman–Crippen LogP) is 1.23. The zero-order valence-electron chi connectivity index (χ0n) is 15.2. The number of hydrogen-bond donors (Lipinski definition) is 2. The summed E-state index contributed by atoms with van der Waals surface area (Å²) in [4.78, 5) is 29.0. The number of carbonyl (C=O) groups is 2. The molecule has 9 heteroatoms. The Hall–Kier alpha value is -3.46. The van der Waals surface area contributed by atoms with Crippen LogP contribution in [-0.2, 0) is 11.3 Å². The summed E-state index contributed by atoms with van der Waals surface area (Å²) < 4.78 is 12.1. The van der Waals surface area contributed by atoms with Gasteiger partial charge in [0, 0.05) is 25.3 Å². The Balaban J connectivity index is 1.71. The number of benzene rings is 1. The molecule has 0 spiro atoms. The molecule has 28 heavy (non-hydrogen) atoms. The SMILES string of the molecule is COCc1nn2c(C(=O)N[C@H]3CCOc4ccccc43)ccnc2c1C(N)=O. The normalized spacial score (nSPS) is 15.7. The Labute approximate surface area is 160 Å². The zero-order chi connectivity index (χ0) is 19.7. The monoisotopic (exact) mass is 381 g/mol. The highest BCUT2D eigenvalue weighted by Gasteiger charge is 2.26. The number of nitrogens with two attached hydrogens (primary N) is 1. The fraction of sp³-hybridized carbons (Fsp3) is 0.263. The fourth-order valence-corrected chi connectivity index (χ4v) is 3.38. The van der Waals surface area contributed by atoms with Crippen molar-refractivity contribution in [3.05, 3.63) is 59.0 Å². The second-order valence-electron chi connectivity index (χ2n) is 6.39. The van der Waals surface area contributed by atoms with Gasteiger partial charge in [-0.3, -0.25) is 9.59 Å². The average molecular weight is 381 g/mol. The van der Waals surface area contributed by atoms with Crippen LogP contribution >= 0.6 is 0 Å². The average Bonchev–Trinajstić information content (AvgIpc) is 3.06. The maximum absolute atomic E-state index is 13.0. The molecular formula is C19H19N5O4. The number of nitrogens with zero attached hydrogens (tertiary/aromatic N) is 3. The number of aromatic nitrogens is 3. The summed E-state index contributed by atoms with van der Waals surface area (Å²) in [5.74, 6) is -0.251. The van der Waals surface area contributed by atoms with Crippen molar-refractivity contribution in [2.24, 2.45) is 5.73 Å². The van der Waals surface area contributed by atoms with Crippen LogP contribution in [-0.4, -0.2) is 40.1 Å². The van der Waals surface area contributed by atoms with Crippen LogP contribution in [0, 0.1) is 0 Å². The van der Waals surface area contributed by atoms with Crippen molar-refractivity contribution in [1.82, 2.24) is 19.9 Å². The molecular weight excluding hydrogens is 362 g/mol. The van der Waals surface area contributed by atoms with Crippen LogP contribution in [0.25, 0.3) is 5.65 Å². The van der Waals surface area contributed by atoms with Gasteiger partial charge in [0.25, 0.3) is 11.8 Å². The maximum atomic E-state index is 13.0. The highest BCUT2D eigenvalue weighted by atomic mass is 16.5. The van der Waals surface area contributed by atoms with E-state index in [4.69, 9.17) is 15.2 Å². The minimum absolute atomic E-state index is 0.0794. The molecule has 0 bridgehead atoms. The number of primary amides is 1. The molecule has 4 rings (SSSR count). The molecule has 3 aromatic rings. The minimum Gasteiger partial charge on any atom is -0.493 e. The van der Waals surface area contributed by atoms with Crippen LogP contribution in [0.1, 0.15) is 44.6 Å². The van der Waals surface area contributed by atoms with Gasteiger partial charge in [0.1, 0.15) is 22.7 Å². The first-order valence-electron chi connectivity index (χ1n) is 8.78. The second-order valence-corrected chi connectivity index (χ2v) is 6.39. The Bertz CT molecular complexity index is 1060. The van der Waals surface area contributed by atoms with Crippen LogP contribution in [0.5, 0.6) is 5.75 Å². The maximum Gasteiger partial charge on any atom is 0.270 e. The number of ether oxygens (including phenoxy) is 2. The Morgan fingerprint density at radius 3 is 2.96 bits per heavy atom. The van der Waals surface area contributed by atoms with Gasteiger partial charge in [-0.15, -0.1) is 0 Å². The minimum atomic E-state index is -0.675. The largest absolute Gasteiger partial charge is 0.493 e. The molecule has 0 fully saturated rings. The standard InChI is InChI=1S/C19H19N5O4/c1-27-10-13-16(17(20)25)18-21-8-6-14(24(18)23-13)19(26)22-12-7-9-28-15-5-3-2-4-11(12)15/h2-6,8,12H,7,9-10H2,1H3,(H2,20,25)(H,22,26)/t12-/m0/s1. The second kappa shape index (κ2) is 7.28. The molecule has 2 aromatic heterocycles. The van der Waals surface area contributed by atoms with Crippen LogP contribution in [0.4, 0.5) is 0 Å². The number of methoxy groups -OCH3 is 1. The number of nitrogens with one attached hydrogen (secondary N) is 1. The van der Waals surface area contributed by atoms with Gasteiger partial charge >= 0.3 is 0 Å². The number of amides is 2. The van der Waals surface area contributed by atoms with Crippen LogP contribution < -0.4 is 15.8 Å². The fourth-order valence-electron chi connectivity index (χ4n) is 3.38. The first-order chi connectivity index (χ1) is 13.6. The number of para-hydroxylation sites is 1. The van der Waals surface area contributed by atoms with Gasteiger partial charge < -0.3 is 20.5 Å². The molecule has 0 aliphatic carbocycles. The lowest BCUT2D eigenvalue weighted by Crippen LogP contribution is -2.33. The Morgan fingerprint density at radius 2 is 2.18 bits per heavy atom. The van der Waals surface area contributed by atoms with Crippen molar-refractivity contribution in [2.75, 3.05) is 13.7 Å². The number of hydrogen-bond acceptors (Lipinski definition) is 6. The van der Waals surface area contributed by atoms with E-state index in [0.29, 0.717) is 18.7 Å². The molecule has 0 radical (unpaired) electrons. The van der Waals surface area contributed by atoms with E-state index in [9.17, 15) is 9.59 Å². The molecule has 0 saturated heterocycles. The van der Waals surface area contributed by atoms with E-state index >= 15 is 0 Å². The molecule has 9 nitrogen and oxygen atoms in total. The van der Waals surface area contributed by atoms with Crippen molar-refractivity contribution in [3.63, 3.8) is 0 Å². The lowest BCUT2D eigenvalue weighted by Gasteiger charge is -2.26. The molecule has 1 aliphatic rings. The van der Waals surface area contributed by atoms with Gasteiger partial charge in [0.15, 0.2) is 5.65 Å². The van der Waals surface area contributed by atoms with Gasteiger partial charge in [-0.1, -0.05) is 18.2 Å². The molecule has 1 atom stereocenters. The van der Waals surface area contributed by atoms with Crippen LogP contribution in [0.15, 0.2) is 36.5 Å². The van der Waals surface area contributed by atoms with Gasteiger partial charge in [-0.05, 0) is 12.1 Å². The topological polar surface area (TPSA) is 121 Å². The van der Waals surface area contributed by atoms with E-state index in [1.807, 2.05) is 24.3 Å². The van der Waals surface area contributed by atoms with Crippen molar-refractivity contribution < 1.29 is 19.1 Å². The molecule has 0 unspecified atom stereocenters. The van der Waals surface area contributed by atoms with E-state index in [-0.39, 0.29) is 35.5 Å². The van der Waals surface area contributed by atoms with Gasteiger partial charge in [0.2, 0.25) is 0 Å². The number of fused-ring (bicyclic) bond motifs is 2. The highest BCUT2D eigenvalue weighted by Crippen LogP contribution is 2.31. The summed E-state index contributed by atoms with van der Waals surface area (Å²) in [5, 5.41) is 7.34. The third-order valence-electron chi connectivity index (χ3n) is 4.61. The first kappa shape index (κ1) is 17.9. The molecule has 3 heterocycles. The van der Waals surface area contributed by atoms with Crippen molar-refractivity contribution >= 4 is 17.5 Å². The Morgan fingerprint density at radius 1 is 1.36 bits per heavy atom. The van der Waals surface area contributed by atoms with Gasteiger partial charge in [-0.25, -0.2) is 9.50 Å². The van der Waals surface area contributed by atoms with Crippen molar-refractivity contribution in [1.29, 1.82) is 0 Å². The quantitative estimate of drug-likeness (QED) is 0.686. The first-order valence-corrected chi connectivity index (χ1v) is 8.78. The van der Waals surface area contributed by atoms with Crippen LogP contribution in [0.2, 0.25) is 0 Å². The third-order valence-corrected chi connectivity index (χ3v) is 4.61. The van der Waals surface area contributed by atoms with E-state index in [2.05, 4.69) is 15.4 Å². The third kappa shape index (κ3) is 3.05. The number of carbonyl (C=O) groups excluding carboxylic acids is 2. The highest BCUT2D eigenvalue weighted by molar-refractivity contribution is 6.01.